The summed E-state index contributed by atoms with van der Waals surface area (Å²) in [5.74, 6) is -0.284. The van der Waals surface area contributed by atoms with Crippen LogP contribution in [0.15, 0.2) is 85.5 Å². The molecule has 0 spiro atoms. The van der Waals surface area contributed by atoms with Crippen molar-refractivity contribution >= 4 is 40.7 Å². The monoisotopic (exact) mass is 562 g/mol. The molecule has 7 nitrogen and oxygen atoms in total. The molecule has 0 aliphatic heterocycles. The predicted molar refractivity (Wildman–Crippen MR) is 148 cm³/mol. The second-order valence-electron chi connectivity index (χ2n) is 9.18. The first-order chi connectivity index (χ1) is 18.4. The quantitative estimate of drug-likeness (QED) is 0.243. The van der Waals surface area contributed by atoms with Gasteiger partial charge in [-0.05, 0) is 54.8 Å². The van der Waals surface area contributed by atoms with E-state index in [9.17, 15) is 4.79 Å². The average molecular weight is 564 g/mol. The van der Waals surface area contributed by atoms with Gasteiger partial charge in [0.15, 0.2) is 5.69 Å². The molecule has 6 rings (SSSR count). The first-order valence-corrected chi connectivity index (χ1v) is 13.1. The Hall–Kier alpha value is -3.65. The molecule has 1 amide bonds. The summed E-state index contributed by atoms with van der Waals surface area (Å²) in [6, 6.07) is 22.4. The molecule has 0 atom stereocenters. The van der Waals surface area contributed by atoms with Crippen LogP contribution >= 0.6 is 34.8 Å². The van der Waals surface area contributed by atoms with Crippen LogP contribution in [0.25, 0.3) is 16.9 Å². The summed E-state index contributed by atoms with van der Waals surface area (Å²) in [4.78, 5) is 18.0. The van der Waals surface area contributed by atoms with Crippen LogP contribution in [0.3, 0.4) is 0 Å². The van der Waals surface area contributed by atoms with Gasteiger partial charge in [0.1, 0.15) is 12.7 Å². The van der Waals surface area contributed by atoms with Crippen molar-refractivity contribution in [2.45, 2.75) is 24.9 Å². The second kappa shape index (κ2) is 9.91. The van der Waals surface area contributed by atoms with Crippen LogP contribution in [0, 0.1) is 0 Å². The molecule has 1 saturated carbocycles. The van der Waals surface area contributed by atoms with Gasteiger partial charge in [-0.1, -0.05) is 71.2 Å². The maximum absolute atomic E-state index is 13.9. The number of nitrogens with one attached hydrogen (secondary N) is 1. The molecule has 0 bridgehead atoms. The number of nitrogens with zero attached hydrogens (tertiary/aromatic N) is 5. The van der Waals surface area contributed by atoms with Gasteiger partial charge in [-0.25, -0.2) is 14.3 Å². The third-order valence-electron chi connectivity index (χ3n) is 6.68. The van der Waals surface area contributed by atoms with Crippen molar-refractivity contribution in [3.63, 3.8) is 0 Å². The van der Waals surface area contributed by atoms with E-state index in [0.29, 0.717) is 32.0 Å². The topological polar surface area (TPSA) is 77.6 Å². The molecule has 190 valence electrons. The molecule has 5 aromatic rings. The Labute approximate surface area is 234 Å². The smallest absolute Gasteiger partial charge is 0.272 e. The van der Waals surface area contributed by atoms with Gasteiger partial charge in [0.25, 0.3) is 5.91 Å². The molecule has 0 saturated heterocycles. The SMILES string of the molecule is O=C(NC1(c2ccc(Cl)cc2)CC1)c1nn(-c2ccccc2Cl)c(-c2ccc(Cl)cc2)c1Cn1cncn1. The van der Waals surface area contributed by atoms with Crippen molar-refractivity contribution in [1.29, 1.82) is 0 Å². The number of hydrogen-bond donors (Lipinski definition) is 1. The van der Waals surface area contributed by atoms with Crippen LogP contribution in [0.2, 0.25) is 15.1 Å². The molecule has 2 aromatic heterocycles. The summed E-state index contributed by atoms with van der Waals surface area (Å²) in [6.07, 6.45) is 4.72. The first-order valence-electron chi connectivity index (χ1n) is 12.0. The number of hydrogen-bond acceptors (Lipinski definition) is 4. The lowest BCUT2D eigenvalue weighted by atomic mass is 10.0. The summed E-state index contributed by atoms with van der Waals surface area (Å²) in [5, 5.41) is 14.1. The van der Waals surface area contributed by atoms with E-state index in [0.717, 1.165) is 24.0 Å². The number of aromatic nitrogens is 5. The highest BCUT2D eigenvalue weighted by Gasteiger charge is 2.46. The zero-order valence-electron chi connectivity index (χ0n) is 20.0. The number of amides is 1. The lowest BCUT2D eigenvalue weighted by molar-refractivity contribution is 0.0924. The van der Waals surface area contributed by atoms with Crippen LogP contribution in [0.5, 0.6) is 0 Å². The van der Waals surface area contributed by atoms with Gasteiger partial charge < -0.3 is 5.32 Å². The molecule has 0 radical (unpaired) electrons. The Morgan fingerprint density at radius 2 is 1.61 bits per heavy atom. The Morgan fingerprint density at radius 1 is 0.921 bits per heavy atom. The standard InChI is InChI=1S/C28H21Cl3N6O/c29-20-9-5-18(6-10-20)26-22(15-36-17-32-16-33-36)25(35-37(26)24-4-2-1-3-23(24)31)27(38)34-28(13-14-28)19-7-11-21(30)12-8-19/h1-12,16-17H,13-15H2,(H,34,38). The van der Waals surface area contributed by atoms with E-state index in [1.165, 1.54) is 6.33 Å². The van der Waals surface area contributed by atoms with Gasteiger partial charge in [-0.3, -0.25) is 4.79 Å². The van der Waals surface area contributed by atoms with E-state index < -0.39 is 5.54 Å². The average Bonchev–Trinajstić information content (AvgIpc) is 3.33. The fourth-order valence-corrected chi connectivity index (χ4v) is 5.09. The maximum atomic E-state index is 13.9. The zero-order chi connectivity index (χ0) is 26.3. The molecule has 0 unspecified atom stereocenters. The number of benzene rings is 3. The Bertz CT molecular complexity index is 1610. The molecule has 1 aliphatic carbocycles. The van der Waals surface area contributed by atoms with Crippen molar-refractivity contribution in [2.75, 3.05) is 0 Å². The Kier molecular flexibility index (Phi) is 6.43. The molecular weight excluding hydrogens is 543 g/mol. The van der Waals surface area contributed by atoms with Gasteiger partial charge in [-0.2, -0.15) is 10.2 Å². The van der Waals surface area contributed by atoms with Crippen molar-refractivity contribution in [3.05, 3.63) is 117 Å². The molecule has 3 aromatic carbocycles. The molecular formula is C28H21Cl3N6O. The lowest BCUT2D eigenvalue weighted by Gasteiger charge is -2.18. The maximum Gasteiger partial charge on any atom is 0.272 e. The fraction of sp³-hybridized carbons (Fsp3) is 0.143. The largest absolute Gasteiger partial charge is 0.341 e. The molecule has 1 aliphatic rings. The van der Waals surface area contributed by atoms with Crippen molar-refractivity contribution < 1.29 is 4.79 Å². The molecule has 1 N–H and O–H groups in total. The number of carbonyl (C=O) groups excluding carboxylic acids is 1. The van der Waals surface area contributed by atoms with E-state index >= 15 is 0 Å². The molecule has 1 fully saturated rings. The zero-order valence-corrected chi connectivity index (χ0v) is 22.3. The van der Waals surface area contributed by atoms with Gasteiger partial charge in [0, 0.05) is 21.2 Å². The van der Waals surface area contributed by atoms with E-state index in [1.54, 1.807) is 33.9 Å². The number of carbonyl (C=O) groups is 1. The Morgan fingerprint density at radius 3 is 2.24 bits per heavy atom. The first kappa shape index (κ1) is 24.7. The second-order valence-corrected chi connectivity index (χ2v) is 10.5. The van der Waals surface area contributed by atoms with Crippen molar-refractivity contribution in [2.24, 2.45) is 0 Å². The van der Waals surface area contributed by atoms with Crippen molar-refractivity contribution in [3.8, 4) is 16.9 Å². The molecule has 38 heavy (non-hydrogen) atoms. The highest BCUT2D eigenvalue weighted by atomic mass is 35.5. The highest BCUT2D eigenvalue weighted by molar-refractivity contribution is 6.32. The summed E-state index contributed by atoms with van der Waals surface area (Å²) in [5.41, 5.74) is 3.71. The van der Waals surface area contributed by atoms with E-state index in [-0.39, 0.29) is 18.1 Å². The van der Waals surface area contributed by atoms with Crippen LogP contribution in [-0.4, -0.2) is 30.5 Å². The fourth-order valence-electron chi connectivity index (χ4n) is 4.62. The normalized spacial score (nSPS) is 13.9. The summed E-state index contributed by atoms with van der Waals surface area (Å²) in [6.45, 7) is 0.277. The van der Waals surface area contributed by atoms with E-state index in [1.807, 2.05) is 54.6 Å². The summed E-state index contributed by atoms with van der Waals surface area (Å²) >= 11 is 18.9. The van der Waals surface area contributed by atoms with Crippen molar-refractivity contribution in [1.82, 2.24) is 29.9 Å². The van der Waals surface area contributed by atoms with Crippen LogP contribution in [0.4, 0.5) is 0 Å². The highest BCUT2D eigenvalue weighted by Crippen LogP contribution is 2.46. The van der Waals surface area contributed by atoms with Gasteiger partial charge in [0.2, 0.25) is 0 Å². The summed E-state index contributed by atoms with van der Waals surface area (Å²) in [7, 11) is 0. The minimum atomic E-state index is -0.458. The molecule has 10 heteroatoms. The Balaban J connectivity index is 1.51. The lowest BCUT2D eigenvalue weighted by Crippen LogP contribution is -2.35. The third-order valence-corrected chi connectivity index (χ3v) is 7.51. The van der Waals surface area contributed by atoms with E-state index in [4.69, 9.17) is 39.9 Å². The predicted octanol–water partition coefficient (Wildman–Crippen LogP) is 6.56. The van der Waals surface area contributed by atoms with Crippen LogP contribution in [-0.2, 0) is 12.1 Å². The molecule has 2 heterocycles. The minimum absolute atomic E-state index is 0.277. The van der Waals surface area contributed by atoms with Gasteiger partial charge in [0.05, 0.1) is 28.5 Å². The summed E-state index contributed by atoms with van der Waals surface area (Å²) < 4.78 is 3.38. The van der Waals surface area contributed by atoms with E-state index in [2.05, 4.69) is 15.4 Å². The number of para-hydroxylation sites is 1. The van der Waals surface area contributed by atoms with Crippen LogP contribution in [0.1, 0.15) is 34.5 Å². The third kappa shape index (κ3) is 4.69. The minimum Gasteiger partial charge on any atom is -0.341 e. The number of rotatable bonds is 7. The van der Waals surface area contributed by atoms with Crippen LogP contribution < -0.4 is 5.32 Å². The van der Waals surface area contributed by atoms with Gasteiger partial charge in [-0.15, -0.1) is 0 Å². The number of halogens is 3. The van der Waals surface area contributed by atoms with Gasteiger partial charge >= 0.3 is 0 Å².